The minimum absolute atomic E-state index is 0.00693. The summed E-state index contributed by atoms with van der Waals surface area (Å²) in [5, 5.41) is 1.49. The van der Waals surface area contributed by atoms with E-state index in [-0.39, 0.29) is 59.6 Å². The van der Waals surface area contributed by atoms with Crippen LogP contribution in [0.2, 0.25) is 16.6 Å². The Kier molecular flexibility index (Phi) is 11.5. The predicted molar refractivity (Wildman–Crippen MR) is 253 cm³/mol. The van der Waals surface area contributed by atoms with Crippen LogP contribution in [0.25, 0.3) is 32.9 Å². The number of hydrogen-bond donors (Lipinski definition) is 0. The van der Waals surface area contributed by atoms with E-state index >= 15 is 8.78 Å². The van der Waals surface area contributed by atoms with Gasteiger partial charge in [0.15, 0.2) is 5.82 Å². The maximum absolute atomic E-state index is 18.1. The van der Waals surface area contributed by atoms with Crippen LogP contribution in [0.5, 0.6) is 11.9 Å². The monoisotopic (exact) mass is 906 g/mol. The number of aromatic nitrogens is 3. The van der Waals surface area contributed by atoms with E-state index in [1.807, 2.05) is 44.7 Å². The van der Waals surface area contributed by atoms with Gasteiger partial charge in [0, 0.05) is 44.1 Å². The molecule has 6 atom stereocenters. The molecule has 4 fully saturated rings. The normalized spacial score (nSPS) is 25.3. The van der Waals surface area contributed by atoms with Crippen LogP contribution < -0.4 is 14.4 Å². The number of carbonyl (C=O) groups excluding carboxylic acids is 1. The van der Waals surface area contributed by atoms with Crippen molar-refractivity contribution in [1.29, 1.82) is 0 Å². The Labute approximate surface area is 383 Å². The molecule has 5 aliphatic rings. The zero-order chi connectivity index (χ0) is 46.5. The molecule has 346 valence electrons. The lowest BCUT2D eigenvalue weighted by Crippen LogP contribution is -2.65. The molecule has 65 heavy (non-hydrogen) atoms. The fourth-order valence-corrected chi connectivity index (χ4v) is 17.5. The van der Waals surface area contributed by atoms with Crippen LogP contribution in [0.3, 0.4) is 0 Å². The van der Waals surface area contributed by atoms with Gasteiger partial charge in [-0.05, 0) is 75.0 Å². The summed E-state index contributed by atoms with van der Waals surface area (Å²) in [6.07, 6.45) is 2.14. The van der Waals surface area contributed by atoms with Crippen molar-refractivity contribution in [1.82, 2.24) is 24.8 Å². The van der Waals surface area contributed by atoms with E-state index in [4.69, 9.17) is 33.9 Å². The van der Waals surface area contributed by atoms with E-state index < -0.39 is 43.0 Å². The fraction of sp³-hybridized carbons (Fsp3) is 0.569. The topological polar surface area (TPSA) is 102 Å². The molecule has 11 nitrogen and oxygen atoms in total. The van der Waals surface area contributed by atoms with Crippen LogP contribution in [0, 0.1) is 23.1 Å². The molecule has 7 heterocycles. The van der Waals surface area contributed by atoms with Crippen LogP contribution in [0.4, 0.5) is 19.4 Å². The third kappa shape index (κ3) is 7.35. The molecular formula is C51H64F2N6O5Si. The van der Waals surface area contributed by atoms with Gasteiger partial charge < -0.3 is 23.8 Å². The van der Waals surface area contributed by atoms with Gasteiger partial charge in [0.05, 0.1) is 35.3 Å². The van der Waals surface area contributed by atoms with Gasteiger partial charge in [-0.2, -0.15) is 9.97 Å². The number of benzene rings is 2. The minimum atomic E-state index is -2.30. The molecule has 14 heteroatoms. The molecule has 1 unspecified atom stereocenters. The molecule has 2 aromatic heterocycles. The Balaban J connectivity index is 1.23. The van der Waals surface area contributed by atoms with Gasteiger partial charge in [0.25, 0.3) is 0 Å². The highest BCUT2D eigenvalue weighted by Crippen LogP contribution is 2.49. The molecule has 4 aromatic rings. The number of ether oxygens (including phenoxy) is 4. The second-order valence-corrected chi connectivity index (χ2v) is 26.5. The smallest absolute Gasteiger partial charge is 0.410 e. The largest absolute Gasteiger partial charge is 0.472 e. The Bertz CT molecular complexity index is 2620. The van der Waals surface area contributed by atoms with Crippen molar-refractivity contribution in [2.24, 2.45) is 0 Å². The average Bonchev–Trinajstić information content (AvgIpc) is 3.85. The summed E-state index contributed by atoms with van der Waals surface area (Å²) in [5.74, 6) is 2.77. The van der Waals surface area contributed by atoms with Crippen molar-refractivity contribution >= 4 is 41.7 Å². The third-order valence-corrected chi connectivity index (χ3v) is 21.6. The number of pyridine rings is 1. The number of amides is 1. The number of hydrogen-bond acceptors (Lipinski definition) is 10. The first kappa shape index (κ1) is 45.3. The Hall–Kier alpha value is -4.84. The van der Waals surface area contributed by atoms with E-state index in [0.717, 1.165) is 37.9 Å². The highest BCUT2D eigenvalue weighted by Gasteiger charge is 2.55. The molecular weight excluding hydrogens is 843 g/mol. The number of nitrogens with zero attached hydrogens (tertiary/aromatic N) is 6. The number of piperazine rings is 1. The molecule has 0 spiro atoms. The van der Waals surface area contributed by atoms with Crippen LogP contribution in [-0.2, 0) is 9.47 Å². The van der Waals surface area contributed by atoms with Gasteiger partial charge in [0.2, 0.25) is 5.88 Å². The van der Waals surface area contributed by atoms with Crippen molar-refractivity contribution < 1.29 is 32.5 Å². The number of rotatable bonds is 8. The molecule has 0 saturated carbocycles. The lowest BCUT2D eigenvalue weighted by molar-refractivity contribution is 0.000934. The van der Waals surface area contributed by atoms with Gasteiger partial charge in [-0.3, -0.25) is 9.80 Å². The SMILES string of the molecule is C=C1CCN2C[C@@H](OC)CC12COc1nc2c3c(nc(-c4cccc5ccc(F)c(C#C[Si](C(C)C)(C(C)C)C(C)C)c45)c(F)c3n1)O[C@@H](C)[C@@H]1[C@@H]3CC[C@H](CN21)N3C(=O)OC(C)(C)C. The van der Waals surface area contributed by atoms with E-state index in [0.29, 0.717) is 57.1 Å². The number of fused-ring (bicyclic) bond motifs is 7. The van der Waals surface area contributed by atoms with Crippen molar-refractivity contribution in [3.05, 3.63) is 59.7 Å². The van der Waals surface area contributed by atoms with Gasteiger partial charge in [-0.1, -0.05) is 83.9 Å². The molecule has 1 amide bonds. The second kappa shape index (κ2) is 16.5. The lowest BCUT2D eigenvalue weighted by Gasteiger charge is -2.48. The molecule has 2 aromatic carbocycles. The molecule has 0 N–H and O–H groups in total. The number of methoxy groups -OCH3 is 1. The van der Waals surface area contributed by atoms with Gasteiger partial charge in [-0.25, -0.2) is 18.6 Å². The maximum atomic E-state index is 18.1. The Morgan fingerprint density at radius 3 is 2.45 bits per heavy atom. The van der Waals surface area contributed by atoms with Crippen LogP contribution >= 0.6 is 0 Å². The van der Waals surface area contributed by atoms with Crippen LogP contribution in [0.15, 0.2) is 42.5 Å². The fourth-order valence-electron chi connectivity index (χ4n) is 12.3. The Morgan fingerprint density at radius 1 is 1.02 bits per heavy atom. The molecule has 0 aliphatic carbocycles. The highest BCUT2D eigenvalue weighted by molar-refractivity contribution is 6.90. The zero-order valence-electron chi connectivity index (χ0n) is 39.8. The first-order valence-corrected chi connectivity index (χ1v) is 25.7. The summed E-state index contributed by atoms with van der Waals surface area (Å²) in [7, 11) is -0.575. The lowest BCUT2D eigenvalue weighted by atomic mass is 9.90. The van der Waals surface area contributed by atoms with E-state index in [1.165, 1.54) is 6.07 Å². The molecule has 0 radical (unpaired) electrons. The van der Waals surface area contributed by atoms with E-state index in [9.17, 15) is 4.79 Å². The second-order valence-electron chi connectivity index (χ2n) is 20.9. The highest BCUT2D eigenvalue weighted by atomic mass is 28.3. The van der Waals surface area contributed by atoms with E-state index in [1.54, 1.807) is 19.2 Å². The first-order valence-electron chi connectivity index (χ1n) is 23.5. The summed E-state index contributed by atoms with van der Waals surface area (Å²) in [6, 6.07) is 7.77. The quantitative estimate of drug-likeness (QED) is 0.0965. The number of halogens is 2. The van der Waals surface area contributed by atoms with Crippen molar-refractivity contribution in [3.8, 4) is 34.6 Å². The van der Waals surface area contributed by atoms with Crippen molar-refractivity contribution in [3.63, 3.8) is 0 Å². The van der Waals surface area contributed by atoms with Gasteiger partial charge >= 0.3 is 12.1 Å². The maximum Gasteiger partial charge on any atom is 0.410 e. The minimum Gasteiger partial charge on any atom is -0.472 e. The van der Waals surface area contributed by atoms with Crippen molar-refractivity contribution in [2.45, 2.75) is 153 Å². The average molecular weight is 907 g/mol. The first-order chi connectivity index (χ1) is 30.8. The molecule has 9 rings (SSSR count). The molecule has 2 bridgehead atoms. The zero-order valence-corrected chi connectivity index (χ0v) is 40.8. The number of anilines is 1. The van der Waals surface area contributed by atoms with Gasteiger partial charge in [-0.15, -0.1) is 5.54 Å². The standard InChI is InChI=1S/C51H64F2N6O5Si/c1-28(2)65(29(3)4,30(5)6)23-21-36-38(52)18-16-33-14-13-15-37(40(33)36)43-42(53)44-41-46(56-48(55-44)62-27-51-24-35(61-12)26-57(51)22-20-31(51)7)58-25-34-17-19-39(45(58)32(8)63-47(41)54-43)59(34)49(60)64-50(9,10)11/h13-16,18,28-30,32,34-35,39,45H,7,17,19-20,22,24-27H2,1-6,8-12H3/t32-,34+,35-,39-,45+,51?/m0/s1. The summed E-state index contributed by atoms with van der Waals surface area (Å²) < 4.78 is 59.7. The molecule has 5 aliphatic heterocycles. The molecule has 4 saturated heterocycles. The number of carbonyl (C=O) groups is 1. The summed E-state index contributed by atoms with van der Waals surface area (Å²) in [5.41, 5.74) is 5.10. The van der Waals surface area contributed by atoms with E-state index in [2.05, 4.69) is 69.4 Å². The third-order valence-electron chi connectivity index (χ3n) is 15.3. The predicted octanol–water partition coefficient (Wildman–Crippen LogP) is 10.2. The summed E-state index contributed by atoms with van der Waals surface area (Å²) >= 11 is 0. The summed E-state index contributed by atoms with van der Waals surface area (Å²) in [6.45, 7) is 27.6. The van der Waals surface area contributed by atoms with Crippen LogP contribution in [-0.4, -0.2) is 114 Å². The Morgan fingerprint density at radius 2 is 1.75 bits per heavy atom. The summed E-state index contributed by atoms with van der Waals surface area (Å²) in [4.78, 5) is 35.2. The van der Waals surface area contributed by atoms with Crippen LogP contribution in [0.1, 0.15) is 100 Å². The van der Waals surface area contributed by atoms with Gasteiger partial charge in [0.1, 0.15) is 54.6 Å². The van der Waals surface area contributed by atoms with Crippen molar-refractivity contribution in [2.75, 3.05) is 38.3 Å².